The minimum Gasteiger partial charge on any atom is -0.261 e. The number of anilines is 1. The molecular formula is C14H8ClN5O2S2. The molecule has 4 aromatic rings. The van der Waals surface area contributed by atoms with Crippen molar-refractivity contribution >= 4 is 61.2 Å². The first-order valence-corrected chi connectivity index (χ1v) is 9.30. The molecule has 2 aromatic heterocycles. The lowest BCUT2D eigenvalue weighted by Gasteiger charge is -2.09. The number of halogens is 1. The second-order valence-corrected chi connectivity index (χ2v) is 7.38. The number of aromatic nitrogens is 4. The molecule has 4 rings (SSSR count). The second-order valence-electron chi connectivity index (χ2n) is 4.85. The van der Waals surface area contributed by atoms with Crippen molar-refractivity contribution < 1.29 is 8.42 Å². The van der Waals surface area contributed by atoms with Crippen molar-refractivity contribution in [3.05, 3.63) is 47.6 Å². The number of hydrogen-bond acceptors (Lipinski definition) is 7. The number of hydrogen-bond donors (Lipinski definition) is 1. The standard InChI is InChI=1S/C14H8ClN5O2S2/c15-13-14(17-9-5-2-1-4-8(9)16-13)20-24(21,22)11-7-3-6-10-12(11)19-23-18-10/h1-7H,(H,17,20). The first-order chi connectivity index (χ1) is 11.5. The van der Waals surface area contributed by atoms with Crippen LogP contribution in [0, 0.1) is 0 Å². The van der Waals surface area contributed by atoms with Crippen LogP contribution in [0.2, 0.25) is 5.15 Å². The first-order valence-electron chi connectivity index (χ1n) is 6.71. The quantitative estimate of drug-likeness (QED) is 0.589. The van der Waals surface area contributed by atoms with Crippen LogP contribution in [0.4, 0.5) is 5.82 Å². The van der Waals surface area contributed by atoms with Gasteiger partial charge in [0.2, 0.25) is 0 Å². The summed E-state index contributed by atoms with van der Waals surface area (Å²) in [5.41, 5.74) is 1.93. The zero-order valence-corrected chi connectivity index (χ0v) is 14.2. The Morgan fingerprint density at radius 3 is 2.42 bits per heavy atom. The molecule has 0 saturated carbocycles. The Labute approximate surface area is 145 Å². The van der Waals surface area contributed by atoms with Gasteiger partial charge in [-0.3, -0.25) is 4.72 Å². The Hall–Kier alpha value is -2.36. The second kappa shape index (κ2) is 5.62. The maximum atomic E-state index is 12.7. The summed E-state index contributed by atoms with van der Waals surface area (Å²) in [6.07, 6.45) is 0. The Morgan fingerprint density at radius 1 is 0.917 bits per heavy atom. The predicted molar refractivity (Wildman–Crippen MR) is 92.8 cm³/mol. The Morgan fingerprint density at radius 2 is 1.62 bits per heavy atom. The van der Waals surface area contributed by atoms with E-state index in [0.717, 1.165) is 11.7 Å². The fourth-order valence-electron chi connectivity index (χ4n) is 2.22. The summed E-state index contributed by atoms with van der Waals surface area (Å²) in [6.45, 7) is 0. The highest BCUT2D eigenvalue weighted by Gasteiger charge is 2.22. The molecule has 0 saturated heterocycles. The van der Waals surface area contributed by atoms with Gasteiger partial charge < -0.3 is 0 Å². The van der Waals surface area contributed by atoms with Crippen molar-refractivity contribution in [3.8, 4) is 0 Å². The molecule has 7 nitrogen and oxygen atoms in total. The molecule has 0 unspecified atom stereocenters. The number of para-hydroxylation sites is 2. The van der Waals surface area contributed by atoms with Crippen LogP contribution in [0.15, 0.2) is 47.4 Å². The number of rotatable bonds is 3. The highest BCUT2D eigenvalue weighted by Crippen LogP contribution is 2.26. The maximum Gasteiger partial charge on any atom is 0.265 e. The number of nitrogens with zero attached hydrogens (tertiary/aromatic N) is 4. The number of nitrogens with one attached hydrogen (secondary N) is 1. The molecule has 0 aliphatic carbocycles. The van der Waals surface area contributed by atoms with E-state index in [9.17, 15) is 8.42 Å². The van der Waals surface area contributed by atoms with Crippen LogP contribution in [-0.2, 0) is 10.0 Å². The van der Waals surface area contributed by atoms with Crippen LogP contribution in [0.5, 0.6) is 0 Å². The van der Waals surface area contributed by atoms with E-state index < -0.39 is 10.0 Å². The van der Waals surface area contributed by atoms with Gasteiger partial charge in [0.15, 0.2) is 11.0 Å². The molecule has 10 heteroatoms. The average Bonchev–Trinajstić information content (AvgIpc) is 3.03. The molecule has 24 heavy (non-hydrogen) atoms. The smallest absolute Gasteiger partial charge is 0.261 e. The van der Waals surface area contributed by atoms with Gasteiger partial charge >= 0.3 is 0 Å². The van der Waals surface area contributed by atoms with E-state index >= 15 is 0 Å². The highest BCUT2D eigenvalue weighted by atomic mass is 35.5. The van der Waals surface area contributed by atoms with Crippen LogP contribution in [0.1, 0.15) is 0 Å². The summed E-state index contributed by atoms with van der Waals surface area (Å²) in [5, 5.41) is -0.0270. The van der Waals surface area contributed by atoms with Crippen LogP contribution < -0.4 is 4.72 Å². The van der Waals surface area contributed by atoms with Crippen molar-refractivity contribution in [1.82, 2.24) is 18.7 Å². The molecule has 2 heterocycles. The van der Waals surface area contributed by atoms with Crippen LogP contribution in [0.3, 0.4) is 0 Å². The number of fused-ring (bicyclic) bond motifs is 2. The summed E-state index contributed by atoms with van der Waals surface area (Å²) >= 11 is 7.02. The van der Waals surface area contributed by atoms with E-state index in [1.54, 1.807) is 36.4 Å². The van der Waals surface area contributed by atoms with Gasteiger partial charge in [0, 0.05) is 0 Å². The Balaban J connectivity index is 1.82. The van der Waals surface area contributed by atoms with Crippen LogP contribution in [0.25, 0.3) is 22.1 Å². The van der Waals surface area contributed by atoms with Gasteiger partial charge in [-0.15, -0.1) is 0 Å². The first kappa shape index (κ1) is 15.2. The van der Waals surface area contributed by atoms with Crippen molar-refractivity contribution in [2.75, 3.05) is 4.72 Å². The van der Waals surface area contributed by atoms with E-state index in [0.29, 0.717) is 22.1 Å². The third kappa shape index (κ3) is 2.56. The van der Waals surface area contributed by atoms with Crippen molar-refractivity contribution in [2.45, 2.75) is 4.90 Å². The third-order valence-electron chi connectivity index (χ3n) is 3.30. The summed E-state index contributed by atoms with van der Waals surface area (Å²) in [4.78, 5) is 8.40. The van der Waals surface area contributed by atoms with Crippen LogP contribution >= 0.6 is 23.3 Å². The molecule has 0 atom stereocenters. The van der Waals surface area contributed by atoms with Crippen LogP contribution in [-0.4, -0.2) is 27.1 Å². The molecule has 120 valence electrons. The lowest BCUT2D eigenvalue weighted by atomic mass is 10.3. The van der Waals surface area contributed by atoms with Crippen molar-refractivity contribution in [2.24, 2.45) is 0 Å². The minimum atomic E-state index is -3.93. The van der Waals surface area contributed by atoms with Gasteiger partial charge in [0.1, 0.15) is 15.9 Å². The fourth-order valence-corrected chi connectivity index (χ4v) is 4.24. The molecule has 0 aliphatic rings. The SMILES string of the molecule is O=S(=O)(Nc1nc2ccccc2nc1Cl)c1cccc2nsnc12. The molecular weight excluding hydrogens is 370 g/mol. The summed E-state index contributed by atoms with van der Waals surface area (Å²) in [5.74, 6) is -0.0319. The fraction of sp³-hybridized carbons (Fsp3) is 0. The number of benzene rings is 2. The van der Waals surface area contributed by atoms with E-state index in [2.05, 4.69) is 23.4 Å². The monoisotopic (exact) mass is 377 g/mol. The molecule has 0 bridgehead atoms. The molecule has 0 radical (unpaired) electrons. The lowest BCUT2D eigenvalue weighted by Crippen LogP contribution is -2.15. The molecule has 0 spiro atoms. The van der Waals surface area contributed by atoms with Gasteiger partial charge in [-0.2, -0.15) is 8.75 Å². The van der Waals surface area contributed by atoms with Gasteiger partial charge in [-0.1, -0.05) is 29.8 Å². The summed E-state index contributed by atoms with van der Waals surface area (Å²) < 4.78 is 35.9. The van der Waals surface area contributed by atoms with Crippen molar-refractivity contribution in [1.29, 1.82) is 0 Å². The van der Waals surface area contributed by atoms with Gasteiger partial charge in [0.25, 0.3) is 10.0 Å². The van der Waals surface area contributed by atoms with E-state index in [1.165, 1.54) is 6.07 Å². The molecule has 2 aromatic carbocycles. The maximum absolute atomic E-state index is 12.7. The largest absolute Gasteiger partial charge is 0.265 e. The van der Waals surface area contributed by atoms with Gasteiger partial charge in [-0.05, 0) is 24.3 Å². The third-order valence-corrected chi connectivity index (χ3v) is 5.47. The van der Waals surface area contributed by atoms with Gasteiger partial charge in [0.05, 0.1) is 22.8 Å². The van der Waals surface area contributed by atoms with E-state index in [1.807, 2.05) is 0 Å². The lowest BCUT2D eigenvalue weighted by molar-refractivity contribution is 0.601. The zero-order chi connectivity index (χ0) is 16.7. The highest BCUT2D eigenvalue weighted by molar-refractivity contribution is 7.93. The zero-order valence-electron chi connectivity index (χ0n) is 11.8. The average molecular weight is 378 g/mol. The molecule has 1 N–H and O–H groups in total. The normalized spacial score (nSPS) is 11.9. The van der Waals surface area contributed by atoms with E-state index in [4.69, 9.17) is 11.6 Å². The molecule has 0 fully saturated rings. The summed E-state index contributed by atoms with van der Waals surface area (Å²) in [6, 6.07) is 11.8. The van der Waals surface area contributed by atoms with E-state index in [-0.39, 0.29) is 15.9 Å². The topological polar surface area (TPSA) is 97.7 Å². The number of sulfonamides is 1. The molecule has 0 amide bonds. The van der Waals surface area contributed by atoms with Gasteiger partial charge in [-0.25, -0.2) is 18.4 Å². The van der Waals surface area contributed by atoms with Crippen molar-refractivity contribution in [3.63, 3.8) is 0 Å². The minimum absolute atomic E-state index is 0.0137. The Kier molecular flexibility index (Phi) is 3.56. The predicted octanol–water partition coefficient (Wildman–Crippen LogP) is 3.09. The summed E-state index contributed by atoms with van der Waals surface area (Å²) in [7, 11) is -3.93. The molecule has 0 aliphatic heterocycles. The Bertz CT molecular complexity index is 1180.